The number of thiazole rings is 1. The molecule has 0 saturated carbocycles. The number of rotatable bonds is 10. The van der Waals surface area contributed by atoms with Crippen LogP contribution in [0.4, 0.5) is 27.5 Å². The van der Waals surface area contributed by atoms with Crippen LogP contribution < -0.4 is 15.8 Å². The molecule has 0 aliphatic heterocycles. The van der Waals surface area contributed by atoms with E-state index < -0.39 is 16.9 Å². The fraction of sp³-hybridized carbons (Fsp3) is 0.179. The highest BCUT2D eigenvalue weighted by Gasteiger charge is 2.17. The van der Waals surface area contributed by atoms with Crippen molar-refractivity contribution in [1.82, 2.24) is 15.8 Å². The highest BCUT2D eigenvalue weighted by atomic mass is 32.1. The third-order valence-electron chi connectivity index (χ3n) is 5.83. The lowest BCUT2D eigenvalue weighted by Crippen LogP contribution is -2.42. The lowest BCUT2D eigenvalue weighted by Gasteiger charge is -2.23. The Morgan fingerprint density at radius 2 is 1.61 bits per heavy atom. The number of azo groups is 1. The molecule has 0 aliphatic rings. The summed E-state index contributed by atoms with van der Waals surface area (Å²) in [5.74, 6) is -0.472. The van der Waals surface area contributed by atoms with Crippen molar-refractivity contribution in [3.8, 4) is 10.6 Å². The quantitative estimate of drug-likeness (QED) is 0.128. The van der Waals surface area contributed by atoms with Gasteiger partial charge in [0, 0.05) is 29.9 Å². The molecule has 0 saturated heterocycles. The molecule has 0 aliphatic carbocycles. The van der Waals surface area contributed by atoms with Gasteiger partial charge in [0.1, 0.15) is 16.5 Å². The van der Waals surface area contributed by atoms with Gasteiger partial charge in [0.25, 0.3) is 11.6 Å². The number of carbonyl (C=O) groups excluding carboxylic acids is 2. The van der Waals surface area contributed by atoms with Gasteiger partial charge in [0.05, 0.1) is 28.5 Å². The minimum atomic E-state index is -0.776. The number of aryl methyl sites for hydroxylation is 1. The molecule has 41 heavy (non-hydrogen) atoms. The van der Waals surface area contributed by atoms with E-state index in [1.165, 1.54) is 35.6 Å². The Morgan fingerprint density at radius 3 is 2.22 bits per heavy atom. The molecule has 13 heteroatoms. The zero-order valence-electron chi connectivity index (χ0n) is 22.3. The maximum atomic E-state index is 12.6. The summed E-state index contributed by atoms with van der Waals surface area (Å²) >= 11 is 1.24. The summed E-state index contributed by atoms with van der Waals surface area (Å²) in [7, 11) is 0. The molecule has 0 radical (unpaired) electrons. The van der Waals surface area contributed by atoms with Gasteiger partial charge in [-0.3, -0.25) is 20.3 Å². The zero-order valence-corrected chi connectivity index (χ0v) is 23.1. The average Bonchev–Trinajstić information content (AvgIpc) is 3.39. The van der Waals surface area contributed by atoms with E-state index >= 15 is 0 Å². The van der Waals surface area contributed by atoms with Crippen molar-refractivity contribution in [1.29, 1.82) is 0 Å². The lowest BCUT2D eigenvalue weighted by atomic mass is 10.2. The van der Waals surface area contributed by atoms with E-state index in [1.807, 2.05) is 54.3 Å². The van der Waals surface area contributed by atoms with E-state index in [9.17, 15) is 19.7 Å². The van der Waals surface area contributed by atoms with E-state index in [4.69, 9.17) is 4.74 Å². The van der Waals surface area contributed by atoms with Crippen LogP contribution in [0.15, 0.2) is 89.1 Å². The summed E-state index contributed by atoms with van der Waals surface area (Å²) in [6.07, 6.45) is -0.776. The van der Waals surface area contributed by atoms with E-state index in [1.54, 1.807) is 19.1 Å². The predicted octanol–water partition coefficient (Wildman–Crippen LogP) is 6.34. The Bertz CT molecular complexity index is 1520. The fourth-order valence-corrected chi connectivity index (χ4v) is 4.68. The first-order valence-electron chi connectivity index (χ1n) is 12.6. The number of nitro groups is 1. The van der Waals surface area contributed by atoms with Crippen molar-refractivity contribution in [3.05, 3.63) is 99.5 Å². The lowest BCUT2D eigenvalue weighted by molar-refractivity contribution is -0.384. The highest BCUT2D eigenvalue weighted by molar-refractivity contribution is 7.17. The molecule has 0 bridgehead atoms. The molecule has 12 nitrogen and oxygen atoms in total. The monoisotopic (exact) mass is 573 g/mol. The van der Waals surface area contributed by atoms with Gasteiger partial charge in [-0.15, -0.1) is 11.3 Å². The highest BCUT2D eigenvalue weighted by Crippen LogP contribution is 2.27. The third-order valence-corrected chi connectivity index (χ3v) is 7.04. The van der Waals surface area contributed by atoms with Crippen LogP contribution in [0.2, 0.25) is 0 Å². The molecule has 4 rings (SSSR count). The number of hydrogen-bond donors (Lipinski definition) is 2. The summed E-state index contributed by atoms with van der Waals surface area (Å²) in [6.45, 7) is 4.90. The van der Waals surface area contributed by atoms with Gasteiger partial charge in [-0.2, -0.15) is 10.2 Å². The van der Waals surface area contributed by atoms with E-state index in [0.717, 1.165) is 16.3 Å². The second-order valence-electron chi connectivity index (χ2n) is 8.58. The number of aromatic nitrogens is 1. The number of nitrogens with zero attached hydrogens (tertiary/aromatic N) is 5. The first-order chi connectivity index (χ1) is 19.8. The molecule has 0 fully saturated rings. The Balaban J connectivity index is 1.22. The van der Waals surface area contributed by atoms with Crippen LogP contribution in [0.25, 0.3) is 10.6 Å². The standard InChI is InChI=1S/C28H27N7O5S/c1-3-34(23-13-9-21(10-14-23)30-31-22-11-15-24(16-12-22)35(38)39)17-18-40-28(37)33-32-26(36)25-19(2)29-27(41-25)20-7-5-4-6-8-20/h4-16H,3,17-18H2,1-2H3,(H,32,36)(H,33,37). The van der Waals surface area contributed by atoms with Crippen molar-refractivity contribution in [2.24, 2.45) is 10.2 Å². The largest absolute Gasteiger partial charge is 0.446 e. The number of likely N-dealkylation sites (N-methyl/N-ethyl adjacent to an activating group) is 1. The molecule has 0 spiro atoms. The fourth-order valence-electron chi connectivity index (χ4n) is 3.72. The molecule has 0 unspecified atom stereocenters. The van der Waals surface area contributed by atoms with E-state index in [0.29, 0.717) is 35.0 Å². The van der Waals surface area contributed by atoms with E-state index in [2.05, 4.69) is 26.1 Å². The van der Waals surface area contributed by atoms with Crippen LogP contribution in [0.3, 0.4) is 0 Å². The number of hydrazine groups is 1. The number of anilines is 1. The smallest absolute Gasteiger partial charge is 0.426 e. The molecule has 4 aromatic rings. The van der Waals surface area contributed by atoms with Gasteiger partial charge in [-0.05, 0) is 50.2 Å². The number of ether oxygens (including phenoxy) is 1. The minimum Gasteiger partial charge on any atom is -0.446 e. The van der Waals surface area contributed by atoms with Crippen LogP contribution in [-0.4, -0.2) is 41.6 Å². The molecule has 3 aromatic carbocycles. The van der Waals surface area contributed by atoms with Crippen molar-refractivity contribution in [2.45, 2.75) is 13.8 Å². The van der Waals surface area contributed by atoms with Gasteiger partial charge >= 0.3 is 6.09 Å². The van der Waals surface area contributed by atoms with Crippen molar-refractivity contribution in [2.75, 3.05) is 24.6 Å². The number of amides is 2. The zero-order chi connectivity index (χ0) is 29.2. The van der Waals surface area contributed by atoms with Gasteiger partial charge in [0.2, 0.25) is 0 Å². The maximum Gasteiger partial charge on any atom is 0.426 e. The number of nitrogens with one attached hydrogen (secondary N) is 2. The summed E-state index contributed by atoms with van der Waals surface area (Å²) in [5.41, 5.74) is 8.12. The van der Waals surface area contributed by atoms with Crippen LogP contribution in [-0.2, 0) is 4.74 Å². The third kappa shape index (κ3) is 7.92. The van der Waals surface area contributed by atoms with Crippen LogP contribution in [0.1, 0.15) is 22.3 Å². The number of non-ortho nitro benzene ring substituents is 1. The Labute approximate surface area is 239 Å². The molecule has 1 heterocycles. The number of benzene rings is 3. The normalized spacial score (nSPS) is 10.8. The van der Waals surface area contributed by atoms with E-state index in [-0.39, 0.29) is 12.3 Å². The van der Waals surface area contributed by atoms with Gasteiger partial charge in [-0.25, -0.2) is 15.2 Å². The number of carbonyl (C=O) groups is 2. The summed E-state index contributed by atoms with van der Waals surface area (Å²) in [4.78, 5) is 41.9. The number of hydrogen-bond acceptors (Lipinski definition) is 10. The van der Waals surface area contributed by atoms with Crippen molar-refractivity contribution in [3.63, 3.8) is 0 Å². The Hall–Kier alpha value is -5.17. The maximum absolute atomic E-state index is 12.6. The molecule has 1 aromatic heterocycles. The summed E-state index contributed by atoms with van der Waals surface area (Å²) < 4.78 is 5.23. The Morgan fingerprint density at radius 1 is 0.976 bits per heavy atom. The molecular formula is C28H27N7O5S. The molecule has 2 N–H and O–H groups in total. The van der Waals surface area contributed by atoms with Crippen LogP contribution in [0.5, 0.6) is 0 Å². The topological polar surface area (TPSA) is 151 Å². The molecular weight excluding hydrogens is 546 g/mol. The summed E-state index contributed by atoms with van der Waals surface area (Å²) in [6, 6.07) is 22.7. The van der Waals surface area contributed by atoms with Gasteiger partial charge in [-0.1, -0.05) is 30.3 Å². The molecule has 2 amide bonds. The minimum absolute atomic E-state index is 0.0113. The Kier molecular flexibility index (Phi) is 9.67. The van der Waals surface area contributed by atoms with Crippen molar-refractivity contribution < 1.29 is 19.2 Å². The second-order valence-corrected chi connectivity index (χ2v) is 9.58. The van der Waals surface area contributed by atoms with Crippen LogP contribution >= 0.6 is 11.3 Å². The SMILES string of the molecule is CCN(CCOC(=O)NNC(=O)c1sc(-c2ccccc2)nc1C)c1ccc(N=Nc2ccc([N+](=O)[O-])cc2)cc1. The molecule has 0 atom stereocenters. The second kappa shape index (κ2) is 13.8. The van der Waals surface area contributed by atoms with Crippen LogP contribution in [0, 0.1) is 17.0 Å². The predicted molar refractivity (Wildman–Crippen MR) is 156 cm³/mol. The van der Waals surface area contributed by atoms with Gasteiger partial charge in [0.15, 0.2) is 0 Å². The molecule has 210 valence electrons. The number of nitro benzene ring substituents is 1. The van der Waals surface area contributed by atoms with Crippen molar-refractivity contribution >= 4 is 46.1 Å². The summed E-state index contributed by atoms with van der Waals surface area (Å²) in [5, 5.41) is 19.7. The van der Waals surface area contributed by atoms with Gasteiger partial charge < -0.3 is 9.64 Å². The first-order valence-corrected chi connectivity index (χ1v) is 13.4. The average molecular weight is 574 g/mol. The first kappa shape index (κ1) is 28.8.